The van der Waals surface area contributed by atoms with E-state index in [1.54, 1.807) is 6.92 Å². The Labute approximate surface area is 152 Å². The quantitative estimate of drug-likeness (QED) is 0.818. The molecule has 1 N–H and O–H groups in total. The van der Waals surface area contributed by atoms with Gasteiger partial charge in [-0.15, -0.1) is 0 Å². The van der Waals surface area contributed by atoms with Crippen molar-refractivity contribution < 1.29 is 9.53 Å². The number of aromatic nitrogens is 2. The van der Waals surface area contributed by atoms with E-state index in [9.17, 15) is 9.59 Å². The average molecular weight is 356 g/mol. The molecule has 0 radical (unpaired) electrons. The number of anilines is 2. The molecule has 1 aliphatic heterocycles. The number of nitrogens with zero attached hydrogens (tertiary/aromatic N) is 3. The Morgan fingerprint density at radius 3 is 2.46 bits per heavy atom. The Morgan fingerprint density at radius 1 is 1.15 bits per heavy atom. The van der Waals surface area contributed by atoms with Gasteiger partial charge in [0.1, 0.15) is 0 Å². The first-order chi connectivity index (χ1) is 12.5. The number of aromatic amines is 1. The predicted molar refractivity (Wildman–Crippen MR) is 101 cm³/mol. The van der Waals surface area contributed by atoms with Gasteiger partial charge < -0.3 is 14.5 Å². The fraction of sp³-hybridized carbons (Fsp3) is 0.421. The third-order valence-electron chi connectivity index (χ3n) is 4.39. The summed E-state index contributed by atoms with van der Waals surface area (Å²) in [6.07, 6.45) is 0.00803. The molecule has 0 saturated carbocycles. The van der Waals surface area contributed by atoms with E-state index in [1.807, 2.05) is 4.90 Å². The van der Waals surface area contributed by atoms with Crippen LogP contribution >= 0.6 is 0 Å². The third-order valence-corrected chi connectivity index (χ3v) is 4.39. The fourth-order valence-electron chi connectivity index (χ4n) is 3.03. The van der Waals surface area contributed by atoms with E-state index in [0.29, 0.717) is 18.2 Å². The largest absolute Gasteiger partial charge is 0.466 e. The van der Waals surface area contributed by atoms with Crippen molar-refractivity contribution in [2.75, 3.05) is 42.6 Å². The average Bonchev–Trinajstić information content (AvgIpc) is 2.62. The number of hydrogen-bond donors (Lipinski definition) is 1. The zero-order valence-electron chi connectivity index (χ0n) is 15.2. The van der Waals surface area contributed by atoms with Crippen LogP contribution in [-0.4, -0.2) is 48.7 Å². The van der Waals surface area contributed by atoms with Crippen LogP contribution in [0.4, 0.5) is 11.6 Å². The third kappa shape index (κ3) is 4.41. The number of nitrogens with one attached hydrogen (secondary N) is 1. The van der Waals surface area contributed by atoms with Crippen LogP contribution in [0.25, 0.3) is 0 Å². The van der Waals surface area contributed by atoms with Gasteiger partial charge in [-0.25, -0.2) is 4.98 Å². The zero-order chi connectivity index (χ0) is 18.5. The number of piperazine rings is 1. The molecule has 2 heterocycles. The molecular weight excluding hydrogens is 332 g/mol. The van der Waals surface area contributed by atoms with Gasteiger partial charge in [-0.3, -0.25) is 14.6 Å². The summed E-state index contributed by atoms with van der Waals surface area (Å²) in [6.45, 7) is 7.33. The van der Waals surface area contributed by atoms with Crippen molar-refractivity contribution in [3.05, 3.63) is 51.9 Å². The molecular formula is C19H24N4O3. The number of benzene rings is 1. The molecule has 0 unspecified atom stereocenters. The van der Waals surface area contributed by atoms with Gasteiger partial charge in [-0.1, -0.05) is 17.7 Å². The highest BCUT2D eigenvalue weighted by molar-refractivity contribution is 5.72. The van der Waals surface area contributed by atoms with Crippen molar-refractivity contribution in [1.82, 2.24) is 9.97 Å². The molecule has 138 valence electrons. The Balaban J connectivity index is 1.67. The van der Waals surface area contributed by atoms with Gasteiger partial charge in [0.15, 0.2) is 0 Å². The molecule has 0 aliphatic carbocycles. The van der Waals surface area contributed by atoms with Gasteiger partial charge >= 0.3 is 5.97 Å². The van der Waals surface area contributed by atoms with Crippen LogP contribution in [0, 0.1) is 6.92 Å². The predicted octanol–water partition coefficient (Wildman–Crippen LogP) is 1.51. The number of carbonyl (C=O) groups excluding carboxylic acids is 1. The number of hydrogen-bond acceptors (Lipinski definition) is 6. The van der Waals surface area contributed by atoms with E-state index < -0.39 is 0 Å². The minimum atomic E-state index is -0.374. The summed E-state index contributed by atoms with van der Waals surface area (Å²) < 4.78 is 4.93. The number of H-pyrrole nitrogens is 1. The molecule has 26 heavy (non-hydrogen) atoms. The molecule has 0 atom stereocenters. The summed E-state index contributed by atoms with van der Waals surface area (Å²) >= 11 is 0. The Bertz CT molecular complexity index is 808. The second-order valence-corrected chi connectivity index (χ2v) is 6.35. The van der Waals surface area contributed by atoms with Crippen molar-refractivity contribution in [3.8, 4) is 0 Å². The zero-order valence-corrected chi connectivity index (χ0v) is 15.2. The lowest BCUT2D eigenvalue weighted by Crippen LogP contribution is -2.47. The van der Waals surface area contributed by atoms with Gasteiger partial charge in [0.2, 0.25) is 5.95 Å². The van der Waals surface area contributed by atoms with Crippen LogP contribution in [0.1, 0.15) is 18.2 Å². The van der Waals surface area contributed by atoms with E-state index in [1.165, 1.54) is 17.3 Å². The fourth-order valence-corrected chi connectivity index (χ4v) is 3.03. The second-order valence-electron chi connectivity index (χ2n) is 6.35. The van der Waals surface area contributed by atoms with Crippen LogP contribution in [0.3, 0.4) is 0 Å². The molecule has 1 aromatic carbocycles. The van der Waals surface area contributed by atoms with E-state index >= 15 is 0 Å². The highest BCUT2D eigenvalue weighted by Gasteiger charge is 2.20. The summed E-state index contributed by atoms with van der Waals surface area (Å²) in [7, 11) is 0. The topological polar surface area (TPSA) is 78.5 Å². The van der Waals surface area contributed by atoms with Crippen LogP contribution < -0.4 is 15.4 Å². The number of carbonyl (C=O) groups is 1. The second kappa shape index (κ2) is 8.03. The highest BCUT2D eigenvalue weighted by Crippen LogP contribution is 2.18. The maximum atomic E-state index is 11.9. The number of esters is 1. The molecule has 1 aliphatic rings. The van der Waals surface area contributed by atoms with Gasteiger partial charge in [-0.2, -0.15) is 0 Å². The lowest BCUT2D eigenvalue weighted by atomic mass is 10.2. The Morgan fingerprint density at radius 2 is 1.81 bits per heavy atom. The van der Waals surface area contributed by atoms with E-state index in [-0.39, 0.29) is 17.9 Å². The van der Waals surface area contributed by atoms with Gasteiger partial charge in [-0.05, 0) is 26.0 Å². The van der Waals surface area contributed by atoms with Crippen LogP contribution in [0.5, 0.6) is 0 Å². The van der Waals surface area contributed by atoms with Crippen LogP contribution in [-0.2, 0) is 16.0 Å². The van der Waals surface area contributed by atoms with Crippen molar-refractivity contribution in [3.63, 3.8) is 0 Å². The Hall–Kier alpha value is -2.83. The maximum absolute atomic E-state index is 11.9. The van der Waals surface area contributed by atoms with Crippen LogP contribution in [0.15, 0.2) is 35.1 Å². The van der Waals surface area contributed by atoms with Crippen molar-refractivity contribution in [1.29, 1.82) is 0 Å². The highest BCUT2D eigenvalue weighted by atomic mass is 16.5. The molecule has 0 amide bonds. The maximum Gasteiger partial charge on any atom is 0.311 e. The van der Waals surface area contributed by atoms with Crippen molar-refractivity contribution in [2.24, 2.45) is 0 Å². The molecule has 0 spiro atoms. The lowest BCUT2D eigenvalue weighted by Gasteiger charge is -2.36. The molecule has 0 bridgehead atoms. The van der Waals surface area contributed by atoms with Crippen molar-refractivity contribution >= 4 is 17.6 Å². The van der Waals surface area contributed by atoms with Gasteiger partial charge in [0, 0.05) is 37.9 Å². The molecule has 2 aromatic rings. The number of rotatable bonds is 5. The normalized spacial score (nSPS) is 14.4. The monoisotopic (exact) mass is 356 g/mol. The van der Waals surface area contributed by atoms with E-state index in [4.69, 9.17) is 4.74 Å². The summed E-state index contributed by atoms with van der Waals surface area (Å²) in [6, 6.07) is 9.83. The summed E-state index contributed by atoms with van der Waals surface area (Å²) in [5, 5.41) is 0. The Kier molecular flexibility index (Phi) is 5.55. The smallest absolute Gasteiger partial charge is 0.311 e. The standard InChI is InChI=1S/C19H24N4O3/c1-3-26-18(25)13-15-12-17(24)21-19(20-15)23-10-8-22(9-11-23)16-6-4-14(2)5-7-16/h4-7,12H,3,8-11,13H2,1-2H3,(H,20,21,24). The van der Waals surface area contributed by atoms with Crippen molar-refractivity contribution in [2.45, 2.75) is 20.3 Å². The molecule has 3 rings (SSSR count). The van der Waals surface area contributed by atoms with E-state index in [2.05, 4.69) is 46.1 Å². The van der Waals surface area contributed by atoms with Crippen LogP contribution in [0.2, 0.25) is 0 Å². The first kappa shape index (κ1) is 18.0. The summed E-state index contributed by atoms with van der Waals surface area (Å²) in [5.74, 6) is 0.140. The summed E-state index contributed by atoms with van der Waals surface area (Å²) in [5.41, 5.74) is 2.62. The van der Waals surface area contributed by atoms with Gasteiger partial charge in [0.25, 0.3) is 5.56 Å². The first-order valence-electron chi connectivity index (χ1n) is 8.87. The molecule has 1 aromatic heterocycles. The minimum absolute atomic E-state index is 0.00803. The van der Waals surface area contributed by atoms with E-state index in [0.717, 1.165) is 26.2 Å². The molecule has 7 heteroatoms. The molecule has 7 nitrogen and oxygen atoms in total. The summed E-state index contributed by atoms with van der Waals surface area (Å²) in [4.78, 5) is 35.1. The van der Waals surface area contributed by atoms with Gasteiger partial charge in [0.05, 0.1) is 18.7 Å². The molecule has 1 saturated heterocycles. The lowest BCUT2D eigenvalue weighted by molar-refractivity contribution is -0.142. The SMILES string of the molecule is CCOC(=O)Cc1cc(=O)[nH]c(N2CCN(c3ccc(C)cc3)CC2)n1. The minimum Gasteiger partial charge on any atom is -0.466 e. The first-order valence-corrected chi connectivity index (χ1v) is 8.87. The molecule has 1 fully saturated rings. The number of ether oxygens (including phenoxy) is 1. The number of aryl methyl sites for hydroxylation is 1.